The van der Waals surface area contributed by atoms with Crippen LogP contribution in [0.3, 0.4) is 0 Å². The molecule has 1 atom stereocenters. The number of halogens is 3. The van der Waals surface area contributed by atoms with Crippen LogP contribution in [0.25, 0.3) is 0 Å². The molecule has 8 heteroatoms. The van der Waals surface area contributed by atoms with E-state index in [9.17, 15) is 18.0 Å². The predicted octanol–water partition coefficient (Wildman–Crippen LogP) is 1.36. The van der Waals surface area contributed by atoms with Crippen molar-refractivity contribution in [1.82, 2.24) is 4.98 Å². The minimum Gasteiger partial charge on any atom is -0.480 e. The fourth-order valence-corrected chi connectivity index (χ4v) is 1.35. The molecule has 0 aliphatic carbocycles. The Bertz CT molecular complexity index is 461. The number of alkyl halides is 3. The van der Waals surface area contributed by atoms with Gasteiger partial charge in [0.1, 0.15) is 6.61 Å². The van der Waals surface area contributed by atoms with E-state index in [-0.39, 0.29) is 18.2 Å². The number of rotatable bonds is 1. The summed E-state index contributed by atoms with van der Waals surface area (Å²) in [5.74, 6) is -1.23. The molecule has 1 aliphatic heterocycles. The van der Waals surface area contributed by atoms with Crippen molar-refractivity contribution in [1.29, 1.82) is 0 Å². The summed E-state index contributed by atoms with van der Waals surface area (Å²) in [4.78, 5) is 14.1. The van der Waals surface area contributed by atoms with Gasteiger partial charge < -0.3 is 15.2 Å². The van der Waals surface area contributed by atoms with Crippen molar-refractivity contribution in [3.8, 4) is 5.88 Å². The molecular formula is C9H7F3N2O3. The van der Waals surface area contributed by atoms with Crippen LogP contribution in [-0.4, -0.2) is 28.7 Å². The van der Waals surface area contributed by atoms with Crippen molar-refractivity contribution < 1.29 is 27.8 Å². The number of fused-ring (bicyclic) bond motifs is 1. The van der Waals surface area contributed by atoms with Gasteiger partial charge in [-0.1, -0.05) is 0 Å². The fourth-order valence-electron chi connectivity index (χ4n) is 1.35. The lowest BCUT2D eigenvalue weighted by atomic mass is 10.2. The molecule has 0 saturated heterocycles. The lowest BCUT2D eigenvalue weighted by Gasteiger charge is -2.24. The third-order valence-corrected chi connectivity index (χ3v) is 2.19. The van der Waals surface area contributed by atoms with E-state index in [2.05, 4.69) is 10.3 Å². The van der Waals surface area contributed by atoms with Crippen LogP contribution in [0.15, 0.2) is 12.3 Å². The van der Waals surface area contributed by atoms with Gasteiger partial charge in [-0.15, -0.1) is 0 Å². The first-order valence-corrected chi connectivity index (χ1v) is 4.57. The van der Waals surface area contributed by atoms with E-state index in [0.29, 0.717) is 6.20 Å². The maximum atomic E-state index is 12.4. The number of pyridine rings is 1. The summed E-state index contributed by atoms with van der Waals surface area (Å²) in [6, 6.07) is -0.301. The number of nitrogens with one attached hydrogen (secondary N) is 1. The Morgan fingerprint density at radius 3 is 2.88 bits per heavy atom. The molecule has 0 spiro atoms. The highest BCUT2D eigenvalue weighted by atomic mass is 19.4. The largest absolute Gasteiger partial charge is 0.480 e. The summed E-state index contributed by atoms with van der Waals surface area (Å²) in [5.41, 5.74) is -1.03. The summed E-state index contributed by atoms with van der Waals surface area (Å²) in [5, 5.41) is 11.1. The number of nitrogens with zero attached hydrogens (tertiary/aromatic N) is 1. The van der Waals surface area contributed by atoms with Gasteiger partial charge >= 0.3 is 12.1 Å². The predicted molar refractivity (Wildman–Crippen MR) is 49.8 cm³/mol. The van der Waals surface area contributed by atoms with Gasteiger partial charge in [0.25, 0.3) is 0 Å². The van der Waals surface area contributed by atoms with Gasteiger partial charge in [-0.2, -0.15) is 13.2 Å². The molecule has 1 aromatic heterocycles. The maximum absolute atomic E-state index is 12.4. The smallest absolute Gasteiger partial charge is 0.417 e. The molecule has 0 radical (unpaired) electrons. The van der Waals surface area contributed by atoms with Crippen LogP contribution in [-0.2, 0) is 11.0 Å². The second-order valence-corrected chi connectivity index (χ2v) is 3.42. The molecule has 0 fully saturated rings. The number of aliphatic carboxylic acids is 1. The van der Waals surface area contributed by atoms with E-state index < -0.39 is 23.8 Å². The molecule has 0 saturated carbocycles. The first-order valence-electron chi connectivity index (χ1n) is 4.57. The Morgan fingerprint density at radius 1 is 1.59 bits per heavy atom. The summed E-state index contributed by atoms with van der Waals surface area (Å²) in [6.45, 7) is -0.180. The molecule has 0 amide bonds. The third kappa shape index (κ3) is 2.24. The maximum Gasteiger partial charge on any atom is 0.417 e. The number of carboxylic acid groups (broad SMARTS) is 1. The van der Waals surface area contributed by atoms with Gasteiger partial charge in [-0.3, -0.25) is 0 Å². The van der Waals surface area contributed by atoms with Crippen molar-refractivity contribution in [3.63, 3.8) is 0 Å². The number of carboxylic acids is 1. The number of hydrogen-bond acceptors (Lipinski definition) is 4. The average Bonchev–Trinajstić information content (AvgIpc) is 2.26. The average molecular weight is 248 g/mol. The van der Waals surface area contributed by atoms with Crippen LogP contribution in [0.5, 0.6) is 5.88 Å². The molecule has 17 heavy (non-hydrogen) atoms. The third-order valence-electron chi connectivity index (χ3n) is 2.19. The quantitative estimate of drug-likeness (QED) is 0.785. The van der Waals surface area contributed by atoms with Crippen molar-refractivity contribution in [3.05, 3.63) is 17.8 Å². The van der Waals surface area contributed by atoms with E-state index >= 15 is 0 Å². The van der Waals surface area contributed by atoms with Crippen LogP contribution < -0.4 is 10.1 Å². The SMILES string of the molecule is O=C(O)C1COc2ncc(C(F)(F)F)cc2N1. The molecule has 92 valence electrons. The summed E-state index contributed by atoms with van der Waals surface area (Å²) >= 11 is 0. The standard InChI is InChI=1S/C9H7F3N2O3/c10-9(11,12)4-1-5-7(13-2-4)17-3-6(14-5)8(15)16/h1-2,6,14H,3H2,(H,15,16). The van der Waals surface area contributed by atoms with E-state index in [0.717, 1.165) is 6.07 Å². The zero-order valence-corrected chi connectivity index (χ0v) is 8.28. The number of carbonyl (C=O) groups is 1. The number of aromatic nitrogens is 1. The van der Waals surface area contributed by atoms with Crippen molar-refractivity contribution in [2.24, 2.45) is 0 Å². The molecule has 2 N–H and O–H groups in total. The molecule has 1 unspecified atom stereocenters. The van der Waals surface area contributed by atoms with Gasteiger partial charge in [-0.05, 0) is 6.07 Å². The molecule has 0 aromatic carbocycles. The lowest BCUT2D eigenvalue weighted by Crippen LogP contribution is -2.38. The molecule has 2 rings (SSSR count). The van der Waals surface area contributed by atoms with Crippen LogP contribution in [0, 0.1) is 0 Å². The van der Waals surface area contributed by atoms with E-state index in [1.54, 1.807) is 0 Å². The number of ether oxygens (including phenoxy) is 1. The van der Waals surface area contributed by atoms with E-state index in [4.69, 9.17) is 9.84 Å². The molecule has 0 bridgehead atoms. The fraction of sp³-hybridized carbons (Fsp3) is 0.333. The van der Waals surface area contributed by atoms with Crippen LogP contribution in [0.1, 0.15) is 5.56 Å². The monoisotopic (exact) mass is 248 g/mol. The Morgan fingerprint density at radius 2 is 2.29 bits per heavy atom. The molecule has 1 aliphatic rings. The topological polar surface area (TPSA) is 71.5 Å². The molecule has 1 aromatic rings. The zero-order valence-electron chi connectivity index (χ0n) is 8.28. The molecular weight excluding hydrogens is 241 g/mol. The highest BCUT2D eigenvalue weighted by Gasteiger charge is 2.33. The van der Waals surface area contributed by atoms with Gasteiger partial charge in [-0.25, -0.2) is 9.78 Å². The lowest BCUT2D eigenvalue weighted by molar-refractivity contribution is -0.138. The van der Waals surface area contributed by atoms with Crippen molar-refractivity contribution in [2.45, 2.75) is 12.2 Å². The van der Waals surface area contributed by atoms with Crippen LogP contribution >= 0.6 is 0 Å². The van der Waals surface area contributed by atoms with Crippen molar-refractivity contribution >= 4 is 11.7 Å². The second-order valence-electron chi connectivity index (χ2n) is 3.42. The van der Waals surface area contributed by atoms with Crippen LogP contribution in [0.2, 0.25) is 0 Å². The van der Waals surface area contributed by atoms with E-state index in [1.807, 2.05) is 0 Å². The van der Waals surface area contributed by atoms with Crippen molar-refractivity contribution in [2.75, 3.05) is 11.9 Å². The summed E-state index contributed by atoms with van der Waals surface area (Å²) in [7, 11) is 0. The normalized spacial score (nSPS) is 18.9. The van der Waals surface area contributed by atoms with Gasteiger partial charge in [0.05, 0.1) is 11.3 Å². The summed E-state index contributed by atoms with van der Waals surface area (Å²) in [6.07, 6.45) is -3.89. The molecule has 2 heterocycles. The Labute approximate surface area is 93.2 Å². The minimum atomic E-state index is -4.53. The highest BCUT2D eigenvalue weighted by molar-refractivity contribution is 5.79. The summed E-state index contributed by atoms with van der Waals surface area (Å²) < 4.78 is 42.1. The first kappa shape index (κ1) is 11.5. The van der Waals surface area contributed by atoms with Gasteiger partial charge in [0.2, 0.25) is 5.88 Å². The minimum absolute atomic E-state index is 0.0319. The Kier molecular flexibility index (Phi) is 2.56. The van der Waals surface area contributed by atoms with E-state index in [1.165, 1.54) is 0 Å². The first-order chi connectivity index (χ1) is 7.88. The number of hydrogen-bond donors (Lipinski definition) is 2. The molecule has 5 nitrogen and oxygen atoms in total. The Hall–Kier alpha value is -1.99. The number of anilines is 1. The van der Waals surface area contributed by atoms with Gasteiger partial charge in [0, 0.05) is 6.20 Å². The van der Waals surface area contributed by atoms with Gasteiger partial charge in [0.15, 0.2) is 6.04 Å². The highest BCUT2D eigenvalue weighted by Crippen LogP contribution is 2.34. The second kappa shape index (κ2) is 3.79. The van der Waals surface area contributed by atoms with Crippen LogP contribution in [0.4, 0.5) is 18.9 Å². The Balaban J connectivity index is 2.32. The zero-order chi connectivity index (χ0) is 12.6.